The van der Waals surface area contributed by atoms with Crippen LogP contribution in [0.1, 0.15) is 12.0 Å². The minimum atomic E-state index is 0.245. The van der Waals surface area contributed by atoms with Crippen molar-refractivity contribution >= 4 is 5.69 Å². The summed E-state index contributed by atoms with van der Waals surface area (Å²) in [7, 11) is 0. The summed E-state index contributed by atoms with van der Waals surface area (Å²) in [6.07, 6.45) is 0.801. The van der Waals surface area contributed by atoms with E-state index in [9.17, 15) is 0 Å². The van der Waals surface area contributed by atoms with E-state index < -0.39 is 0 Å². The second kappa shape index (κ2) is 5.56. The largest absolute Gasteiger partial charge is 0.399 e. The number of anilines is 1. The highest BCUT2D eigenvalue weighted by molar-refractivity contribution is 5.39. The summed E-state index contributed by atoms with van der Waals surface area (Å²) in [5.41, 5.74) is 7.56. The van der Waals surface area contributed by atoms with Gasteiger partial charge in [-0.05, 0) is 30.7 Å². The highest BCUT2D eigenvalue weighted by Gasteiger charge is 1.91. The quantitative estimate of drug-likeness (QED) is 0.462. The fourth-order valence-electron chi connectivity index (χ4n) is 1.07. The molecule has 0 atom stereocenters. The van der Waals surface area contributed by atoms with E-state index in [1.807, 2.05) is 24.3 Å². The molecule has 0 bridgehead atoms. The number of hydrogen-bond donors (Lipinski definition) is 3. The smallest absolute Gasteiger partial charge is 0.0443 e. The van der Waals surface area contributed by atoms with Gasteiger partial charge in [-0.15, -0.1) is 0 Å². The number of aliphatic hydroxyl groups is 1. The second-order valence-corrected chi connectivity index (χ2v) is 3.00. The van der Waals surface area contributed by atoms with Gasteiger partial charge in [0.1, 0.15) is 0 Å². The van der Waals surface area contributed by atoms with Crippen LogP contribution in [0, 0.1) is 0 Å². The summed E-state index contributed by atoms with van der Waals surface area (Å²) in [5, 5.41) is 11.8. The van der Waals surface area contributed by atoms with Gasteiger partial charge in [0.15, 0.2) is 0 Å². The molecule has 4 N–H and O–H groups in total. The maximum atomic E-state index is 8.54. The van der Waals surface area contributed by atoms with Crippen LogP contribution in [0.5, 0.6) is 0 Å². The van der Waals surface area contributed by atoms with Crippen molar-refractivity contribution in [3.05, 3.63) is 29.8 Å². The number of nitrogens with two attached hydrogens (primary N) is 1. The topological polar surface area (TPSA) is 58.3 Å². The summed E-state index contributed by atoms with van der Waals surface area (Å²) in [5.74, 6) is 0. The molecule has 3 heteroatoms. The van der Waals surface area contributed by atoms with Crippen LogP contribution in [0.25, 0.3) is 0 Å². The van der Waals surface area contributed by atoms with Gasteiger partial charge in [-0.25, -0.2) is 0 Å². The van der Waals surface area contributed by atoms with Crippen LogP contribution in [0.4, 0.5) is 5.69 Å². The summed E-state index contributed by atoms with van der Waals surface area (Å²) in [4.78, 5) is 0. The maximum Gasteiger partial charge on any atom is 0.0443 e. The van der Waals surface area contributed by atoms with Gasteiger partial charge in [0, 0.05) is 18.8 Å². The Bertz CT molecular complexity index is 233. The zero-order chi connectivity index (χ0) is 9.52. The van der Waals surface area contributed by atoms with Gasteiger partial charge in [-0.3, -0.25) is 0 Å². The van der Waals surface area contributed by atoms with Crippen LogP contribution in [-0.2, 0) is 6.54 Å². The van der Waals surface area contributed by atoms with Crippen LogP contribution in [0.15, 0.2) is 24.3 Å². The lowest BCUT2D eigenvalue weighted by atomic mass is 10.2. The van der Waals surface area contributed by atoms with Crippen LogP contribution in [-0.4, -0.2) is 18.3 Å². The second-order valence-electron chi connectivity index (χ2n) is 3.00. The van der Waals surface area contributed by atoms with E-state index in [1.165, 1.54) is 5.56 Å². The molecule has 0 unspecified atom stereocenters. The summed E-state index contributed by atoms with van der Waals surface area (Å²) >= 11 is 0. The van der Waals surface area contributed by atoms with Crippen LogP contribution in [0.2, 0.25) is 0 Å². The molecule has 0 heterocycles. The molecule has 13 heavy (non-hydrogen) atoms. The Labute approximate surface area is 78.6 Å². The third kappa shape index (κ3) is 3.92. The lowest BCUT2D eigenvalue weighted by molar-refractivity contribution is 0.286. The molecule has 1 rings (SSSR count). The Kier molecular flexibility index (Phi) is 4.29. The van der Waals surface area contributed by atoms with Gasteiger partial charge < -0.3 is 16.2 Å². The Morgan fingerprint density at radius 1 is 1.23 bits per heavy atom. The van der Waals surface area contributed by atoms with Gasteiger partial charge >= 0.3 is 0 Å². The van der Waals surface area contributed by atoms with Crippen molar-refractivity contribution in [2.45, 2.75) is 13.0 Å². The predicted octanol–water partition coefficient (Wildman–Crippen LogP) is 0.741. The standard InChI is InChI=1S/C10H16N2O/c11-10-4-2-9(3-5-10)8-12-6-1-7-13/h2-5,12-13H,1,6-8,11H2. The summed E-state index contributed by atoms with van der Waals surface area (Å²) in [6.45, 7) is 1.93. The predicted molar refractivity (Wildman–Crippen MR) is 54.3 cm³/mol. The van der Waals surface area contributed by atoms with Crippen LogP contribution >= 0.6 is 0 Å². The molecular weight excluding hydrogens is 164 g/mol. The van der Waals surface area contributed by atoms with Crippen molar-refractivity contribution in [1.29, 1.82) is 0 Å². The van der Waals surface area contributed by atoms with Gasteiger partial charge in [-0.2, -0.15) is 0 Å². The number of aliphatic hydroxyl groups excluding tert-OH is 1. The third-order valence-electron chi connectivity index (χ3n) is 1.82. The summed E-state index contributed by atoms with van der Waals surface area (Å²) in [6, 6.07) is 7.79. The number of benzene rings is 1. The minimum Gasteiger partial charge on any atom is -0.399 e. The van der Waals surface area contributed by atoms with Gasteiger partial charge in [-0.1, -0.05) is 12.1 Å². The highest BCUT2D eigenvalue weighted by Crippen LogP contribution is 2.04. The molecule has 0 radical (unpaired) electrons. The number of rotatable bonds is 5. The first-order valence-corrected chi connectivity index (χ1v) is 4.49. The van der Waals surface area contributed by atoms with Crippen molar-refractivity contribution < 1.29 is 5.11 Å². The van der Waals surface area contributed by atoms with E-state index in [1.54, 1.807) is 0 Å². The number of nitrogen functional groups attached to an aromatic ring is 1. The number of hydrogen-bond acceptors (Lipinski definition) is 3. The molecule has 0 saturated carbocycles. The van der Waals surface area contributed by atoms with Gasteiger partial charge in [0.2, 0.25) is 0 Å². The van der Waals surface area contributed by atoms with Crippen LogP contribution in [0.3, 0.4) is 0 Å². The van der Waals surface area contributed by atoms with E-state index >= 15 is 0 Å². The SMILES string of the molecule is Nc1ccc(CNCCCO)cc1. The monoisotopic (exact) mass is 180 g/mol. The Morgan fingerprint density at radius 2 is 1.92 bits per heavy atom. The van der Waals surface area contributed by atoms with E-state index in [0.29, 0.717) is 0 Å². The van der Waals surface area contributed by atoms with E-state index in [2.05, 4.69) is 5.32 Å². The molecule has 0 aliphatic rings. The summed E-state index contributed by atoms with van der Waals surface area (Å²) < 4.78 is 0. The molecule has 0 fully saturated rings. The third-order valence-corrected chi connectivity index (χ3v) is 1.82. The van der Waals surface area contributed by atoms with Crippen molar-refractivity contribution in [1.82, 2.24) is 5.32 Å². The molecule has 1 aromatic rings. The zero-order valence-electron chi connectivity index (χ0n) is 7.66. The fourth-order valence-corrected chi connectivity index (χ4v) is 1.07. The lowest BCUT2D eigenvalue weighted by Crippen LogP contribution is -2.15. The Balaban J connectivity index is 2.25. The molecule has 0 aliphatic carbocycles. The first-order chi connectivity index (χ1) is 6.33. The Hall–Kier alpha value is -1.06. The van der Waals surface area contributed by atoms with E-state index in [4.69, 9.17) is 10.8 Å². The van der Waals surface area contributed by atoms with Gasteiger partial charge in [0.25, 0.3) is 0 Å². The highest BCUT2D eigenvalue weighted by atomic mass is 16.3. The van der Waals surface area contributed by atoms with Crippen molar-refractivity contribution in [2.24, 2.45) is 0 Å². The van der Waals surface area contributed by atoms with E-state index in [0.717, 1.165) is 25.2 Å². The fraction of sp³-hybridized carbons (Fsp3) is 0.400. The van der Waals surface area contributed by atoms with Crippen molar-refractivity contribution in [3.8, 4) is 0 Å². The average Bonchev–Trinajstić information content (AvgIpc) is 2.15. The normalized spacial score (nSPS) is 10.2. The Morgan fingerprint density at radius 3 is 2.54 bits per heavy atom. The molecule has 72 valence electrons. The van der Waals surface area contributed by atoms with Crippen molar-refractivity contribution in [3.63, 3.8) is 0 Å². The molecule has 0 spiro atoms. The first kappa shape index (κ1) is 10.0. The molecule has 0 aromatic heterocycles. The van der Waals surface area contributed by atoms with E-state index in [-0.39, 0.29) is 6.61 Å². The molecule has 1 aromatic carbocycles. The van der Waals surface area contributed by atoms with Crippen molar-refractivity contribution in [2.75, 3.05) is 18.9 Å². The minimum absolute atomic E-state index is 0.245. The molecule has 0 amide bonds. The zero-order valence-corrected chi connectivity index (χ0v) is 7.66. The molecule has 3 nitrogen and oxygen atoms in total. The average molecular weight is 180 g/mol. The molecule has 0 saturated heterocycles. The molecular formula is C10H16N2O. The first-order valence-electron chi connectivity index (χ1n) is 4.49. The molecule has 0 aliphatic heterocycles. The maximum absolute atomic E-state index is 8.54. The number of nitrogens with one attached hydrogen (secondary N) is 1. The lowest BCUT2D eigenvalue weighted by Gasteiger charge is -2.03. The van der Waals surface area contributed by atoms with Gasteiger partial charge in [0.05, 0.1) is 0 Å². The van der Waals surface area contributed by atoms with Crippen LogP contribution < -0.4 is 11.1 Å².